The number of carbonyl (C=O) groups excluding carboxylic acids is 1. The molecule has 3 rings (SSSR count). The average molecular weight is 340 g/mol. The van der Waals surface area contributed by atoms with Gasteiger partial charge in [0.25, 0.3) is 5.91 Å². The summed E-state index contributed by atoms with van der Waals surface area (Å²) in [5.74, 6) is 0.375. The van der Waals surface area contributed by atoms with Crippen molar-refractivity contribution < 1.29 is 23.4 Å². The maximum absolute atomic E-state index is 12.9. The highest BCUT2D eigenvalue weighted by atomic mass is 19.1. The Kier molecular flexibility index (Phi) is 4.53. The molecule has 0 atom stereocenters. The van der Waals surface area contributed by atoms with Crippen LogP contribution >= 0.6 is 0 Å². The quantitative estimate of drug-likeness (QED) is 0.683. The van der Waals surface area contributed by atoms with E-state index in [1.54, 1.807) is 12.1 Å². The van der Waals surface area contributed by atoms with E-state index in [9.17, 15) is 14.4 Å². The van der Waals surface area contributed by atoms with Gasteiger partial charge in [-0.3, -0.25) is 4.79 Å². The summed E-state index contributed by atoms with van der Waals surface area (Å²) in [6.45, 7) is 0.0784. The number of amides is 1. The lowest BCUT2D eigenvalue weighted by Crippen LogP contribution is -2.13. The Morgan fingerprint density at radius 2 is 2.08 bits per heavy atom. The molecule has 6 nitrogen and oxygen atoms in total. The van der Waals surface area contributed by atoms with Gasteiger partial charge in [0.15, 0.2) is 11.5 Å². The zero-order chi connectivity index (χ0) is 17.8. The van der Waals surface area contributed by atoms with E-state index < -0.39 is 11.7 Å². The Hall–Kier alpha value is -3.53. The molecule has 1 amide bonds. The van der Waals surface area contributed by atoms with E-state index in [0.29, 0.717) is 28.5 Å². The van der Waals surface area contributed by atoms with Crippen LogP contribution in [0.25, 0.3) is 6.08 Å². The number of ether oxygens (including phenoxy) is 3. The first kappa shape index (κ1) is 16.3. The molecule has 0 aromatic heterocycles. The number of hydrogen-bond donors (Lipinski definition) is 1. The summed E-state index contributed by atoms with van der Waals surface area (Å²) in [5, 5.41) is 11.8. The van der Waals surface area contributed by atoms with Crippen LogP contribution in [-0.2, 0) is 4.79 Å². The van der Waals surface area contributed by atoms with Gasteiger partial charge in [0.1, 0.15) is 17.5 Å². The van der Waals surface area contributed by atoms with Gasteiger partial charge in [-0.1, -0.05) is 0 Å². The van der Waals surface area contributed by atoms with Crippen molar-refractivity contribution in [2.24, 2.45) is 0 Å². The first-order valence-corrected chi connectivity index (χ1v) is 7.27. The molecule has 0 radical (unpaired) electrons. The lowest BCUT2D eigenvalue weighted by atomic mass is 10.1. The van der Waals surface area contributed by atoms with Crippen molar-refractivity contribution in [1.82, 2.24) is 0 Å². The lowest BCUT2D eigenvalue weighted by Gasteiger charge is -2.07. The predicted molar refractivity (Wildman–Crippen MR) is 87.7 cm³/mol. The van der Waals surface area contributed by atoms with Crippen molar-refractivity contribution in [2.45, 2.75) is 0 Å². The Morgan fingerprint density at radius 1 is 1.32 bits per heavy atom. The number of carbonyl (C=O) groups is 1. The van der Waals surface area contributed by atoms with Crippen molar-refractivity contribution in [2.75, 3.05) is 19.2 Å². The summed E-state index contributed by atoms with van der Waals surface area (Å²) in [7, 11) is 1.48. The monoisotopic (exact) mass is 340 g/mol. The zero-order valence-corrected chi connectivity index (χ0v) is 13.2. The number of rotatable bonds is 4. The maximum Gasteiger partial charge on any atom is 0.266 e. The third-order valence-electron chi connectivity index (χ3n) is 3.46. The van der Waals surface area contributed by atoms with Crippen LogP contribution in [0.1, 0.15) is 5.56 Å². The molecule has 0 aliphatic carbocycles. The second-order valence-electron chi connectivity index (χ2n) is 5.09. The molecular weight excluding hydrogens is 327 g/mol. The van der Waals surface area contributed by atoms with E-state index >= 15 is 0 Å². The van der Waals surface area contributed by atoms with Crippen molar-refractivity contribution in [3.63, 3.8) is 0 Å². The molecule has 0 saturated heterocycles. The number of nitrogens with zero attached hydrogens (tertiary/aromatic N) is 1. The largest absolute Gasteiger partial charge is 0.493 e. The number of halogens is 1. The fraction of sp³-hybridized carbons (Fsp3) is 0.111. The van der Waals surface area contributed by atoms with Crippen LogP contribution < -0.4 is 19.5 Å². The summed E-state index contributed by atoms with van der Waals surface area (Å²) in [6, 6.07) is 10.4. The van der Waals surface area contributed by atoms with Crippen LogP contribution in [-0.4, -0.2) is 19.8 Å². The SMILES string of the molecule is COc1cc(/C=C(\C#N)C(=O)Nc2ccc(F)cc2)cc2c1OCO2. The minimum absolute atomic E-state index is 0.0784. The first-order chi connectivity index (χ1) is 12.1. The van der Waals surface area contributed by atoms with Gasteiger partial charge in [0.05, 0.1) is 7.11 Å². The Labute approximate surface area is 143 Å². The molecular formula is C18H13FN2O4. The molecule has 1 aliphatic rings. The fourth-order valence-corrected chi connectivity index (χ4v) is 2.28. The minimum Gasteiger partial charge on any atom is -0.493 e. The molecule has 1 heterocycles. The number of hydrogen-bond acceptors (Lipinski definition) is 5. The maximum atomic E-state index is 12.9. The molecule has 126 valence electrons. The summed E-state index contributed by atoms with van der Waals surface area (Å²) < 4.78 is 28.7. The summed E-state index contributed by atoms with van der Waals surface area (Å²) in [4.78, 5) is 12.2. The zero-order valence-electron chi connectivity index (χ0n) is 13.2. The number of nitriles is 1. The molecule has 0 bridgehead atoms. The van der Waals surface area contributed by atoms with E-state index in [1.807, 2.05) is 6.07 Å². The summed E-state index contributed by atoms with van der Waals surface area (Å²) in [5.41, 5.74) is 0.813. The van der Waals surface area contributed by atoms with Gasteiger partial charge in [-0.15, -0.1) is 0 Å². The van der Waals surface area contributed by atoms with Gasteiger partial charge in [0, 0.05) is 5.69 Å². The van der Waals surface area contributed by atoms with Crippen LogP contribution in [0, 0.1) is 17.1 Å². The van der Waals surface area contributed by atoms with E-state index in [-0.39, 0.29) is 12.4 Å². The van der Waals surface area contributed by atoms with Crippen molar-refractivity contribution in [3.8, 4) is 23.3 Å². The third kappa shape index (κ3) is 3.53. The van der Waals surface area contributed by atoms with Gasteiger partial charge < -0.3 is 19.5 Å². The van der Waals surface area contributed by atoms with Crippen molar-refractivity contribution in [1.29, 1.82) is 5.26 Å². The lowest BCUT2D eigenvalue weighted by molar-refractivity contribution is -0.112. The molecule has 0 saturated carbocycles. The smallest absolute Gasteiger partial charge is 0.266 e. The number of fused-ring (bicyclic) bond motifs is 1. The Balaban J connectivity index is 1.86. The standard InChI is InChI=1S/C18H13FN2O4/c1-23-15-7-11(8-16-17(15)25-10-24-16)6-12(9-20)18(22)21-14-4-2-13(19)3-5-14/h2-8H,10H2,1H3,(H,21,22)/b12-6+. The molecule has 1 aliphatic heterocycles. The summed E-state index contributed by atoms with van der Waals surface area (Å²) >= 11 is 0. The molecule has 0 spiro atoms. The van der Waals surface area contributed by atoms with Gasteiger partial charge in [-0.25, -0.2) is 4.39 Å². The first-order valence-electron chi connectivity index (χ1n) is 7.27. The van der Waals surface area contributed by atoms with Crippen LogP contribution in [0.15, 0.2) is 42.0 Å². The minimum atomic E-state index is -0.606. The molecule has 1 N–H and O–H groups in total. The molecule has 7 heteroatoms. The Morgan fingerprint density at radius 3 is 2.76 bits per heavy atom. The average Bonchev–Trinajstić information content (AvgIpc) is 3.09. The van der Waals surface area contributed by atoms with E-state index in [2.05, 4.69) is 5.32 Å². The van der Waals surface area contributed by atoms with Crippen LogP contribution in [0.2, 0.25) is 0 Å². The van der Waals surface area contributed by atoms with E-state index in [4.69, 9.17) is 14.2 Å². The van der Waals surface area contributed by atoms with Crippen molar-refractivity contribution in [3.05, 3.63) is 53.4 Å². The second kappa shape index (κ2) is 6.93. The van der Waals surface area contributed by atoms with Gasteiger partial charge in [-0.2, -0.15) is 5.26 Å². The van der Waals surface area contributed by atoms with Crippen LogP contribution in [0.5, 0.6) is 17.2 Å². The van der Waals surface area contributed by atoms with Crippen LogP contribution in [0.3, 0.4) is 0 Å². The summed E-state index contributed by atoms with van der Waals surface area (Å²) in [6.07, 6.45) is 1.41. The highest BCUT2D eigenvalue weighted by Crippen LogP contribution is 2.42. The van der Waals surface area contributed by atoms with Gasteiger partial charge in [-0.05, 0) is 48.0 Å². The molecule has 25 heavy (non-hydrogen) atoms. The normalized spacial score (nSPS) is 12.4. The van der Waals surface area contributed by atoms with Gasteiger partial charge >= 0.3 is 0 Å². The molecule has 2 aromatic rings. The Bertz CT molecular complexity index is 885. The highest BCUT2D eigenvalue weighted by Gasteiger charge is 2.20. The number of methoxy groups -OCH3 is 1. The van der Waals surface area contributed by atoms with E-state index in [1.165, 1.54) is 37.5 Å². The predicted octanol–water partition coefficient (Wildman–Crippen LogP) is 3.11. The van der Waals surface area contributed by atoms with Crippen molar-refractivity contribution >= 4 is 17.7 Å². The highest BCUT2D eigenvalue weighted by molar-refractivity contribution is 6.09. The second-order valence-corrected chi connectivity index (χ2v) is 5.09. The number of nitrogens with one attached hydrogen (secondary N) is 1. The third-order valence-corrected chi connectivity index (χ3v) is 3.46. The fourth-order valence-electron chi connectivity index (χ4n) is 2.28. The van der Waals surface area contributed by atoms with E-state index in [0.717, 1.165) is 0 Å². The number of anilines is 1. The number of benzene rings is 2. The molecule has 0 fully saturated rings. The van der Waals surface area contributed by atoms with Gasteiger partial charge in [0.2, 0.25) is 12.5 Å². The van der Waals surface area contributed by atoms with Crippen LogP contribution in [0.4, 0.5) is 10.1 Å². The molecule has 2 aromatic carbocycles. The molecule has 0 unspecified atom stereocenters. The topological polar surface area (TPSA) is 80.6 Å².